The van der Waals surface area contributed by atoms with Crippen LogP contribution in [0.25, 0.3) is 0 Å². The summed E-state index contributed by atoms with van der Waals surface area (Å²) in [5.41, 5.74) is 0. The third-order valence-electron chi connectivity index (χ3n) is 3.39. The van der Waals surface area contributed by atoms with Crippen molar-refractivity contribution < 1.29 is 13.5 Å². The fourth-order valence-corrected chi connectivity index (χ4v) is 3.59. The van der Waals surface area contributed by atoms with E-state index in [2.05, 4.69) is 4.72 Å². The molecule has 0 spiro atoms. The Morgan fingerprint density at radius 2 is 2.00 bits per heavy atom. The zero-order valence-electron chi connectivity index (χ0n) is 10.7. The van der Waals surface area contributed by atoms with Gasteiger partial charge in [0.2, 0.25) is 0 Å². The Balaban J connectivity index is 2.61. The van der Waals surface area contributed by atoms with Gasteiger partial charge in [-0.2, -0.15) is 17.4 Å². The lowest BCUT2D eigenvalue weighted by Crippen LogP contribution is -2.48. The number of nitrogens with zero attached hydrogens (tertiary/aromatic N) is 1. The summed E-state index contributed by atoms with van der Waals surface area (Å²) in [4.78, 5) is 0. The van der Waals surface area contributed by atoms with Gasteiger partial charge in [0.25, 0.3) is 10.2 Å². The van der Waals surface area contributed by atoms with Gasteiger partial charge in [0.15, 0.2) is 0 Å². The summed E-state index contributed by atoms with van der Waals surface area (Å²) in [6.45, 7) is 2.53. The van der Waals surface area contributed by atoms with Crippen molar-refractivity contribution in [3.8, 4) is 0 Å². The second kappa shape index (κ2) is 6.68. The highest BCUT2D eigenvalue weighted by atomic mass is 32.2. The normalized spacial score (nSPS) is 26.4. The number of hydrogen-bond acceptors (Lipinski definition) is 3. The van der Waals surface area contributed by atoms with E-state index in [4.69, 9.17) is 0 Å². The average Bonchev–Trinajstić information content (AvgIpc) is 2.29. The topological polar surface area (TPSA) is 69.6 Å². The molecule has 1 saturated carbocycles. The molecule has 17 heavy (non-hydrogen) atoms. The van der Waals surface area contributed by atoms with Crippen LogP contribution in [0.15, 0.2) is 0 Å². The first-order chi connectivity index (χ1) is 8.01. The molecule has 1 aliphatic carbocycles. The summed E-state index contributed by atoms with van der Waals surface area (Å²) in [5.74, 6) is 0.0635. The van der Waals surface area contributed by atoms with E-state index in [-0.39, 0.29) is 18.6 Å². The van der Waals surface area contributed by atoms with Crippen molar-refractivity contribution in [2.75, 3.05) is 20.2 Å². The summed E-state index contributed by atoms with van der Waals surface area (Å²) in [7, 11) is -1.81. The second-order valence-electron chi connectivity index (χ2n) is 4.78. The minimum atomic E-state index is -3.39. The second-order valence-corrected chi connectivity index (χ2v) is 6.59. The van der Waals surface area contributed by atoms with Crippen molar-refractivity contribution in [2.45, 2.75) is 45.1 Å². The summed E-state index contributed by atoms with van der Waals surface area (Å²) in [6.07, 6.45) is 4.63. The molecule has 1 rings (SSSR count). The monoisotopic (exact) mass is 264 g/mol. The van der Waals surface area contributed by atoms with Crippen molar-refractivity contribution >= 4 is 10.2 Å². The lowest BCUT2D eigenvalue weighted by molar-refractivity contribution is 0.163. The number of aliphatic hydroxyl groups excluding tert-OH is 1. The maximum absolute atomic E-state index is 12.0. The molecule has 1 aliphatic rings. The van der Waals surface area contributed by atoms with E-state index in [0.717, 1.165) is 32.1 Å². The van der Waals surface area contributed by atoms with Crippen molar-refractivity contribution in [1.29, 1.82) is 0 Å². The van der Waals surface area contributed by atoms with Crippen molar-refractivity contribution in [3.05, 3.63) is 0 Å². The van der Waals surface area contributed by atoms with Gasteiger partial charge in [0.1, 0.15) is 0 Å². The largest absolute Gasteiger partial charge is 0.396 e. The van der Waals surface area contributed by atoms with Gasteiger partial charge >= 0.3 is 0 Å². The quantitative estimate of drug-likeness (QED) is 0.742. The molecule has 0 saturated heterocycles. The molecule has 2 unspecified atom stereocenters. The average molecular weight is 264 g/mol. The maximum Gasteiger partial charge on any atom is 0.279 e. The number of nitrogens with one attached hydrogen (secondary N) is 1. The third kappa shape index (κ3) is 4.21. The molecule has 6 heteroatoms. The molecule has 0 heterocycles. The van der Waals surface area contributed by atoms with Crippen LogP contribution in [-0.2, 0) is 10.2 Å². The van der Waals surface area contributed by atoms with E-state index in [1.165, 1.54) is 4.31 Å². The Morgan fingerprint density at radius 1 is 1.35 bits per heavy atom. The van der Waals surface area contributed by atoms with Gasteiger partial charge in [0.05, 0.1) is 0 Å². The van der Waals surface area contributed by atoms with Gasteiger partial charge in [-0.25, -0.2) is 0 Å². The molecule has 0 aromatic carbocycles. The molecule has 1 fully saturated rings. The summed E-state index contributed by atoms with van der Waals surface area (Å²) >= 11 is 0. The van der Waals surface area contributed by atoms with E-state index < -0.39 is 10.2 Å². The Labute approximate surface area is 104 Å². The molecule has 0 aromatic rings. The predicted molar refractivity (Wildman–Crippen MR) is 67.8 cm³/mol. The van der Waals surface area contributed by atoms with Crippen LogP contribution in [0, 0.1) is 5.92 Å². The Morgan fingerprint density at radius 3 is 2.59 bits per heavy atom. The Kier molecular flexibility index (Phi) is 5.85. The van der Waals surface area contributed by atoms with Gasteiger partial charge in [-0.3, -0.25) is 0 Å². The number of aliphatic hydroxyl groups is 1. The van der Waals surface area contributed by atoms with Gasteiger partial charge in [-0.15, -0.1) is 0 Å². The van der Waals surface area contributed by atoms with Crippen LogP contribution in [0.1, 0.15) is 39.0 Å². The fraction of sp³-hybridized carbons (Fsp3) is 1.00. The van der Waals surface area contributed by atoms with Crippen molar-refractivity contribution in [1.82, 2.24) is 9.03 Å². The highest BCUT2D eigenvalue weighted by Gasteiger charge is 2.29. The molecular formula is C11H24N2O3S. The lowest BCUT2D eigenvalue weighted by Gasteiger charge is -2.32. The highest BCUT2D eigenvalue weighted by Crippen LogP contribution is 2.24. The third-order valence-corrected chi connectivity index (χ3v) is 5.00. The molecule has 0 bridgehead atoms. The van der Waals surface area contributed by atoms with Crippen LogP contribution < -0.4 is 4.72 Å². The van der Waals surface area contributed by atoms with Crippen LogP contribution >= 0.6 is 0 Å². The first-order valence-electron chi connectivity index (χ1n) is 6.35. The molecule has 0 aromatic heterocycles. The van der Waals surface area contributed by atoms with E-state index in [0.29, 0.717) is 6.54 Å². The van der Waals surface area contributed by atoms with E-state index in [1.54, 1.807) is 7.05 Å². The minimum Gasteiger partial charge on any atom is -0.396 e. The van der Waals surface area contributed by atoms with Gasteiger partial charge in [-0.05, 0) is 25.2 Å². The molecule has 102 valence electrons. The van der Waals surface area contributed by atoms with Crippen LogP contribution in [0.4, 0.5) is 0 Å². The minimum absolute atomic E-state index is 0.0602. The standard InChI is InChI=1S/C11H24N2O3S/c1-3-8-13(2)17(15,16)12-11-7-5-4-6-10(11)9-14/h10-12,14H,3-9H2,1-2H3. The summed E-state index contributed by atoms with van der Waals surface area (Å²) in [6, 6.07) is -0.113. The van der Waals surface area contributed by atoms with Crippen molar-refractivity contribution in [2.24, 2.45) is 5.92 Å². The Hall–Kier alpha value is -0.170. The van der Waals surface area contributed by atoms with E-state index in [9.17, 15) is 13.5 Å². The van der Waals surface area contributed by atoms with Gasteiger partial charge < -0.3 is 5.11 Å². The molecule has 0 aliphatic heterocycles. The highest BCUT2D eigenvalue weighted by molar-refractivity contribution is 7.87. The van der Waals surface area contributed by atoms with Gasteiger partial charge in [-0.1, -0.05) is 19.8 Å². The molecule has 0 radical (unpaired) electrons. The Bertz CT molecular complexity index is 319. The van der Waals surface area contributed by atoms with E-state index in [1.807, 2.05) is 6.92 Å². The van der Waals surface area contributed by atoms with Crippen molar-refractivity contribution in [3.63, 3.8) is 0 Å². The zero-order valence-corrected chi connectivity index (χ0v) is 11.5. The lowest BCUT2D eigenvalue weighted by atomic mass is 9.86. The first kappa shape index (κ1) is 14.9. The smallest absolute Gasteiger partial charge is 0.279 e. The maximum atomic E-state index is 12.0. The fourth-order valence-electron chi connectivity index (χ4n) is 2.30. The molecular weight excluding hydrogens is 240 g/mol. The SMILES string of the molecule is CCCN(C)S(=O)(=O)NC1CCCCC1CO. The first-order valence-corrected chi connectivity index (χ1v) is 7.79. The molecule has 2 N–H and O–H groups in total. The molecule has 5 nitrogen and oxygen atoms in total. The number of hydrogen-bond donors (Lipinski definition) is 2. The van der Waals surface area contributed by atoms with Crippen LogP contribution in [0.3, 0.4) is 0 Å². The van der Waals surface area contributed by atoms with Crippen LogP contribution in [-0.4, -0.2) is 44.1 Å². The molecule has 2 atom stereocenters. The van der Waals surface area contributed by atoms with Gasteiger partial charge in [0, 0.05) is 26.2 Å². The number of rotatable bonds is 6. The zero-order chi connectivity index (χ0) is 12.9. The van der Waals surface area contributed by atoms with E-state index >= 15 is 0 Å². The molecule has 0 amide bonds. The van der Waals surface area contributed by atoms with Crippen LogP contribution in [0.2, 0.25) is 0 Å². The van der Waals surface area contributed by atoms with Crippen LogP contribution in [0.5, 0.6) is 0 Å². The predicted octanol–water partition coefficient (Wildman–Crippen LogP) is 0.714. The summed E-state index contributed by atoms with van der Waals surface area (Å²) < 4.78 is 28.0. The summed E-state index contributed by atoms with van der Waals surface area (Å²) in [5, 5.41) is 9.25.